The zero-order chi connectivity index (χ0) is 13.8. The van der Waals surface area contributed by atoms with Crippen molar-refractivity contribution in [1.29, 1.82) is 0 Å². The van der Waals surface area contributed by atoms with Gasteiger partial charge in [0.05, 0.1) is 15.6 Å². The minimum atomic E-state index is -0.335. The minimum absolute atomic E-state index is 0.188. The Bertz CT molecular complexity index is 585. The lowest BCUT2D eigenvalue weighted by molar-refractivity contribution is 0.0954. The summed E-state index contributed by atoms with van der Waals surface area (Å²) in [5, 5.41) is 9.56. The summed E-state index contributed by atoms with van der Waals surface area (Å²) in [6.45, 7) is 0.400. The van der Waals surface area contributed by atoms with E-state index in [1.54, 1.807) is 0 Å². The molecule has 1 heterocycles. The number of amides is 1. The molecule has 0 aliphatic rings. The molecule has 0 aliphatic heterocycles. The second kappa shape index (κ2) is 5.90. The topological polar surface area (TPSA) is 96.7 Å². The molecule has 100 valence electrons. The maximum Gasteiger partial charge on any atom is 0.252 e. The van der Waals surface area contributed by atoms with Crippen molar-refractivity contribution in [2.75, 3.05) is 12.3 Å². The molecular weight excluding hydrogens is 289 g/mol. The van der Waals surface area contributed by atoms with Gasteiger partial charge in [-0.05, 0) is 12.1 Å². The number of aromatic amines is 1. The van der Waals surface area contributed by atoms with Crippen LogP contribution in [0.1, 0.15) is 16.2 Å². The predicted octanol–water partition coefficient (Wildman–Crippen LogP) is 1.67. The van der Waals surface area contributed by atoms with E-state index >= 15 is 0 Å². The molecule has 0 unspecified atom stereocenters. The molecule has 0 saturated heterocycles. The quantitative estimate of drug-likeness (QED) is 0.748. The number of hydrogen-bond donors (Lipinski definition) is 3. The first-order valence-electron chi connectivity index (χ1n) is 5.45. The average molecular weight is 300 g/mol. The Kier molecular flexibility index (Phi) is 4.24. The third-order valence-electron chi connectivity index (χ3n) is 2.41. The molecule has 0 spiro atoms. The highest BCUT2D eigenvalue weighted by Gasteiger charge is 2.13. The van der Waals surface area contributed by atoms with E-state index in [9.17, 15) is 4.79 Å². The first kappa shape index (κ1) is 13.6. The van der Waals surface area contributed by atoms with Crippen molar-refractivity contribution in [3.05, 3.63) is 39.9 Å². The summed E-state index contributed by atoms with van der Waals surface area (Å²) in [6.07, 6.45) is 1.95. The number of anilines is 1. The van der Waals surface area contributed by atoms with E-state index in [-0.39, 0.29) is 21.5 Å². The van der Waals surface area contributed by atoms with Gasteiger partial charge in [0, 0.05) is 18.7 Å². The van der Waals surface area contributed by atoms with Gasteiger partial charge in [-0.15, -0.1) is 0 Å². The van der Waals surface area contributed by atoms with Crippen molar-refractivity contribution in [1.82, 2.24) is 20.5 Å². The van der Waals surface area contributed by atoms with E-state index < -0.39 is 0 Å². The number of benzene rings is 1. The average Bonchev–Trinajstić information content (AvgIpc) is 2.86. The van der Waals surface area contributed by atoms with Crippen LogP contribution in [0.5, 0.6) is 0 Å². The fourth-order valence-corrected chi connectivity index (χ4v) is 1.94. The Labute approximate surface area is 119 Å². The van der Waals surface area contributed by atoms with E-state index in [1.807, 2.05) is 0 Å². The van der Waals surface area contributed by atoms with Gasteiger partial charge in [0.1, 0.15) is 12.2 Å². The van der Waals surface area contributed by atoms with Crippen LogP contribution < -0.4 is 11.1 Å². The highest BCUT2D eigenvalue weighted by Crippen LogP contribution is 2.28. The van der Waals surface area contributed by atoms with Crippen molar-refractivity contribution in [2.24, 2.45) is 0 Å². The van der Waals surface area contributed by atoms with Gasteiger partial charge in [-0.1, -0.05) is 23.2 Å². The van der Waals surface area contributed by atoms with Crippen LogP contribution in [0.3, 0.4) is 0 Å². The maximum atomic E-state index is 11.9. The van der Waals surface area contributed by atoms with Gasteiger partial charge in [-0.3, -0.25) is 9.89 Å². The maximum absolute atomic E-state index is 11.9. The summed E-state index contributed by atoms with van der Waals surface area (Å²) in [6, 6.07) is 2.98. The lowest BCUT2D eigenvalue weighted by Crippen LogP contribution is -2.26. The predicted molar refractivity (Wildman–Crippen MR) is 73.3 cm³/mol. The molecule has 0 bridgehead atoms. The third kappa shape index (κ3) is 3.36. The van der Waals surface area contributed by atoms with E-state index in [2.05, 4.69) is 20.5 Å². The highest BCUT2D eigenvalue weighted by atomic mass is 35.5. The van der Waals surface area contributed by atoms with Gasteiger partial charge in [-0.2, -0.15) is 5.10 Å². The number of aromatic nitrogens is 3. The lowest BCUT2D eigenvalue weighted by atomic mass is 10.2. The number of nitrogens with two attached hydrogens (primary N) is 1. The second-order valence-corrected chi connectivity index (χ2v) is 4.59. The first-order chi connectivity index (χ1) is 9.08. The van der Waals surface area contributed by atoms with E-state index in [4.69, 9.17) is 28.9 Å². The number of carbonyl (C=O) groups excluding carboxylic acids is 1. The van der Waals surface area contributed by atoms with Gasteiger partial charge in [0.15, 0.2) is 0 Å². The SMILES string of the molecule is Nc1cc(Cl)c(Cl)c(C(=O)NCCc2ncn[nH]2)c1. The summed E-state index contributed by atoms with van der Waals surface area (Å²) in [5.41, 5.74) is 6.26. The molecule has 1 aromatic carbocycles. The molecule has 8 heteroatoms. The molecule has 2 aromatic rings. The summed E-state index contributed by atoms with van der Waals surface area (Å²) in [7, 11) is 0. The van der Waals surface area contributed by atoms with Crippen LogP contribution in [0.2, 0.25) is 10.0 Å². The number of hydrogen-bond acceptors (Lipinski definition) is 4. The number of nitrogens with zero attached hydrogens (tertiary/aromatic N) is 2. The van der Waals surface area contributed by atoms with Crippen molar-refractivity contribution >= 4 is 34.8 Å². The number of rotatable bonds is 4. The number of nitrogen functional groups attached to an aromatic ring is 1. The number of halogens is 2. The van der Waals surface area contributed by atoms with E-state index in [0.717, 1.165) is 0 Å². The van der Waals surface area contributed by atoms with Crippen LogP contribution in [-0.4, -0.2) is 27.6 Å². The van der Waals surface area contributed by atoms with E-state index in [1.165, 1.54) is 18.5 Å². The minimum Gasteiger partial charge on any atom is -0.399 e. The standard InChI is InChI=1S/C11H11Cl2N5O/c12-8-4-6(14)3-7(10(8)13)11(19)15-2-1-9-16-5-17-18-9/h3-5H,1-2,14H2,(H,15,19)(H,16,17,18). The molecule has 19 heavy (non-hydrogen) atoms. The van der Waals surface area contributed by atoms with Gasteiger partial charge >= 0.3 is 0 Å². The van der Waals surface area contributed by atoms with Gasteiger partial charge in [-0.25, -0.2) is 4.98 Å². The molecule has 0 aliphatic carbocycles. The molecule has 0 atom stereocenters. The fraction of sp³-hybridized carbons (Fsp3) is 0.182. The van der Waals surface area contributed by atoms with Gasteiger partial charge in [0.25, 0.3) is 5.91 Å². The monoisotopic (exact) mass is 299 g/mol. The van der Waals surface area contributed by atoms with Gasteiger partial charge in [0.2, 0.25) is 0 Å². The number of H-pyrrole nitrogens is 1. The largest absolute Gasteiger partial charge is 0.399 e. The molecule has 1 aromatic heterocycles. The summed E-state index contributed by atoms with van der Waals surface area (Å²) in [4.78, 5) is 15.9. The Balaban J connectivity index is 2.00. The molecular formula is C11H11Cl2N5O. The summed E-state index contributed by atoms with van der Waals surface area (Å²) < 4.78 is 0. The molecule has 0 saturated carbocycles. The molecule has 4 N–H and O–H groups in total. The molecule has 1 amide bonds. The van der Waals surface area contributed by atoms with Crippen molar-refractivity contribution in [2.45, 2.75) is 6.42 Å². The Morgan fingerprint density at radius 3 is 2.89 bits per heavy atom. The highest BCUT2D eigenvalue weighted by molar-refractivity contribution is 6.44. The zero-order valence-corrected chi connectivity index (χ0v) is 11.3. The van der Waals surface area contributed by atoms with Gasteiger partial charge < -0.3 is 11.1 Å². The van der Waals surface area contributed by atoms with Crippen LogP contribution in [0.4, 0.5) is 5.69 Å². The molecule has 0 radical (unpaired) electrons. The normalized spacial score (nSPS) is 10.4. The van der Waals surface area contributed by atoms with Crippen LogP contribution in [0.15, 0.2) is 18.5 Å². The van der Waals surface area contributed by atoms with Crippen LogP contribution in [0.25, 0.3) is 0 Å². The molecule has 0 fully saturated rings. The Morgan fingerprint density at radius 1 is 1.42 bits per heavy atom. The zero-order valence-electron chi connectivity index (χ0n) is 9.78. The Hall–Kier alpha value is -1.79. The van der Waals surface area contributed by atoms with E-state index in [0.29, 0.717) is 24.5 Å². The molecule has 6 nitrogen and oxygen atoms in total. The van der Waals surface area contributed by atoms with Crippen molar-refractivity contribution < 1.29 is 4.79 Å². The third-order valence-corrected chi connectivity index (χ3v) is 3.21. The Morgan fingerprint density at radius 2 is 2.21 bits per heavy atom. The van der Waals surface area contributed by atoms with Crippen molar-refractivity contribution in [3.63, 3.8) is 0 Å². The van der Waals surface area contributed by atoms with Crippen LogP contribution in [-0.2, 0) is 6.42 Å². The first-order valence-corrected chi connectivity index (χ1v) is 6.20. The number of nitrogens with one attached hydrogen (secondary N) is 2. The summed E-state index contributed by atoms with van der Waals surface area (Å²) in [5.74, 6) is 0.357. The molecule has 2 rings (SSSR count). The van der Waals surface area contributed by atoms with Crippen LogP contribution in [0, 0.1) is 0 Å². The van der Waals surface area contributed by atoms with Crippen molar-refractivity contribution in [3.8, 4) is 0 Å². The lowest BCUT2D eigenvalue weighted by Gasteiger charge is -2.08. The smallest absolute Gasteiger partial charge is 0.252 e. The van der Waals surface area contributed by atoms with Crippen LogP contribution >= 0.6 is 23.2 Å². The fourth-order valence-electron chi connectivity index (χ4n) is 1.52. The summed E-state index contributed by atoms with van der Waals surface area (Å²) >= 11 is 11.8. The number of carbonyl (C=O) groups is 1. The second-order valence-electron chi connectivity index (χ2n) is 3.80.